The molecule has 0 aliphatic carbocycles. The van der Waals surface area contributed by atoms with E-state index < -0.39 is 0 Å². The summed E-state index contributed by atoms with van der Waals surface area (Å²) in [5.74, 6) is 0. The zero-order chi connectivity index (χ0) is 11.5. The molecule has 1 aromatic heterocycles. The van der Waals surface area contributed by atoms with Crippen LogP contribution in [0, 0.1) is 0 Å². The Bertz CT molecular complexity index is 466. The number of thiophene rings is 1. The van der Waals surface area contributed by atoms with Crippen molar-refractivity contribution in [2.75, 3.05) is 0 Å². The van der Waals surface area contributed by atoms with E-state index in [-0.39, 0.29) is 6.04 Å². The lowest BCUT2D eigenvalue weighted by atomic mass is 10.0. The summed E-state index contributed by atoms with van der Waals surface area (Å²) in [7, 11) is 0. The second-order valence-electron chi connectivity index (χ2n) is 3.57. The molecule has 2 aromatic rings. The van der Waals surface area contributed by atoms with Gasteiger partial charge in [-0.25, -0.2) is 0 Å². The van der Waals surface area contributed by atoms with Crippen LogP contribution in [-0.4, -0.2) is 0 Å². The standard InChI is InChI=1S/C12H11BrClNS/c13-9-3-1-8(2-4-9)11(15)7-10-5-6-12(14)16-10/h1-6,11H,7,15H2. The van der Waals surface area contributed by atoms with Crippen molar-refractivity contribution in [3.8, 4) is 0 Å². The molecule has 0 saturated heterocycles. The number of halogens is 2. The van der Waals surface area contributed by atoms with Crippen LogP contribution in [0.1, 0.15) is 16.5 Å². The van der Waals surface area contributed by atoms with Gasteiger partial charge in [-0.1, -0.05) is 39.7 Å². The van der Waals surface area contributed by atoms with E-state index in [4.69, 9.17) is 17.3 Å². The smallest absolute Gasteiger partial charge is 0.0931 e. The topological polar surface area (TPSA) is 26.0 Å². The van der Waals surface area contributed by atoms with E-state index in [1.54, 1.807) is 11.3 Å². The number of benzene rings is 1. The molecule has 0 fully saturated rings. The summed E-state index contributed by atoms with van der Waals surface area (Å²) in [6.07, 6.45) is 0.832. The second kappa shape index (κ2) is 5.32. The molecule has 1 atom stereocenters. The van der Waals surface area contributed by atoms with Gasteiger partial charge in [-0.3, -0.25) is 0 Å². The van der Waals surface area contributed by atoms with Crippen LogP contribution in [0.3, 0.4) is 0 Å². The van der Waals surface area contributed by atoms with Crippen molar-refractivity contribution < 1.29 is 0 Å². The van der Waals surface area contributed by atoms with Crippen LogP contribution in [0.5, 0.6) is 0 Å². The maximum atomic E-state index is 6.13. The molecule has 16 heavy (non-hydrogen) atoms. The minimum Gasteiger partial charge on any atom is -0.324 e. The molecule has 0 aliphatic heterocycles. The van der Waals surface area contributed by atoms with Crippen molar-refractivity contribution in [3.05, 3.63) is 55.6 Å². The molecule has 2 rings (SSSR count). The van der Waals surface area contributed by atoms with Crippen LogP contribution in [0.25, 0.3) is 0 Å². The van der Waals surface area contributed by atoms with Gasteiger partial charge in [-0.05, 0) is 29.8 Å². The largest absolute Gasteiger partial charge is 0.324 e. The molecule has 1 heterocycles. The molecule has 1 aromatic carbocycles. The van der Waals surface area contributed by atoms with Gasteiger partial charge >= 0.3 is 0 Å². The maximum absolute atomic E-state index is 6.13. The third kappa shape index (κ3) is 3.08. The Balaban J connectivity index is 2.08. The van der Waals surface area contributed by atoms with E-state index in [0.717, 1.165) is 20.8 Å². The predicted molar refractivity (Wildman–Crippen MR) is 74.1 cm³/mol. The summed E-state index contributed by atoms with van der Waals surface area (Å²) < 4.78 is 1.89. The zero-order valence-corrected chi connectivity index (χ0v) is 11.6. The highest BCUT2D eigenvalue weighted by molar-refractivity contribution is 9.10. The lowest BCUT2D eigenvalue weighted by Gasteiger charge is -2.10. The van der Waals surface area contributed by atoms with Crippen molar-refractivity contribution >= 4 is 38.9 Å². The van der Waals surface area contributed by atoms with E-state index in [9.17, 15) is 0 Å². The van der Waals surface area contributed by atoms with Crippen LogP contribution in [-0.2, 0) is 6.42 Å². The summed E-state index contributed by atoms with van der Waals surface area (Å²) in [6, 6.07) is 12.1. The molecule has 1 nitrogen and oxygen atoms in total. The van der Waals surface area contributed by atoms with Gasteiger partial charge in [0.1, 0.15) is 0 Å². The molecule has 0 bridgehead atoms. The Labute approximate surface area is 112 Å². The highest BCUT2D eigenvalue weighted by Gasteiger charge is 2.08. The molecule has 84 valence electrons. The van der Waals surface area contributed by atoms with Crippen LogP contribution < -0.4 is 5.73 Å². The minimum atomic E-state index is 0.0304. The van der Waals surface area contributed by atoms with E-state index in [1.165, 1.54) is 4.88 Å². The second-order valence-corrected chi connectivity index (χ2v) is 6.28. The van der Waals surface area contributed by atoms with E-state index in [0.29, 0.717) is 0 Å². The minimum absolute atomic E-state index is 0.0304. The van der Waals surface area contributed by atoms with Gasteiger partial charge in [0.05, 0.1) is 4.34 Å². The van der Waals surface area contributed by atoms with Crippen LogP contribution in [0.4, 0.5) is 0 Å². The number of rotatable bonds is 3. The van der Waals surface area contributed by atoms with Crippen molar-refractivity contribution in [2.45, 2.75) is 12.5 Å². The highest BCUT2D eigenvalue weighted by atomic mass is 79.9. The van der Waals surface area contributed by atoms with Gasteiger partial charge in [0, 0.05) is 21.8 Å². The molecule has 0 radical (unpaired) electrons. The van der Waals surface area contributed by atoms with Crippen LogP contribution >= 0.6 is 38.9 Å². The lowest BCUT2D eigenvalue weighted by molar-refractivity contribution is 0.730. The summed E-state index contributed by atoms with van der Waals surface area (Å²) in [5.41, 5.74) is 7.28. The predicted octanol–water partition coefficient (Wildman–Crippen LogP) is 4.41. The number of hydrogen-bond donors (Lipinski definition) is 1. The molecular weight excluding hydrogens is 306 g/mol. The van der Waals surface area contributed by atoms with Crippen molar-refractivity contribution in [1.82, 2.24) is 0 Å². The maximum Gasteiger partial charge on any atom is 0.0931 e. The molecule has 0 amide bonds. The zero-order valence-electron chi connectivity index (χ0n) is 8.49. The molecule has 4 heteroatoms. The molecule has 0 saturated carbocycles. The fourth-order valence-corrected chi connectivity index (χ4v) is 2.92. The molecule has 1 unspecified atom stereocenters. The van der Waals surface area contributed by atoms with Crippen molar-refractivity contribution in [1.29, 1.82) is 0 Å². The van der Waals surface area contributed by atoms with E-state index >= 15 is 0 Å². The summed E-state index contributed by atoms with van der Waals surface area (Å²) >= 11 is 10.9. The lowest BCUT2D eigenvalue weighted by Crippen LogP contribution is -2.12. The van der Waals surface area contributed by atoms with Gasteiger partial charge < -0.3 is 5.73 Å². The normalized spacial score (nSPS) is 12.7. The summed E-state index contributed by atoms with van der Waals surface area (Å²) in [6.45, 7) is 0. The first-order chi connectivity index (χ1) is 7.65. The van der Waals surface area contributed by atoms with Gasteiger partial charge in [-0.2, -0.15) is 0 Å². The fraction of sp³-hybridized carbons (Fsp3) is 0.167. The van der Waals surface area contributed by atoms with Gasteiger partial charge in [0.15, 0.2) is 0 Å². The van der Waals surface area contributed by atoms with Gasteiger partial charge in [0.25, 0.3) is 0 Å². The average molecular weight is 317 g/mol. The van der Waals surface area contributed by atoms with Gasteiger partial charge in [-0.15, -0.1) is 11.3 Å². The Morgan fingerprint density at radius 2 is 1.88 bits per heavy atom. The molecular formula is C12H11BrClNS. The summed E-state index contributed by atoms with van der Waals surface area (Å²) in [5, 5.41) is 0. The first kappa shape index (κ1) is 12.1. The van der Waals surface area contributed by atoms with E-state index in [2.05, 4.69) is 15.9 Å². The molecule has 0 spiro atoms. The van der Waals surface area contributed by atoms with Crippen LogP contribution in [0.2, 0.25) is 4.34 Å². The van der Waals surface area contributed by atoms with E-state index in [1.807, 2.05) is 36.4 Å². The third-order valence-electron chi connectivity index (χ3n) is 2.35. The Hall–Kier alpha value is -0.350. The monoisotopic (exact) mass is 315 g/mol. The van der Waals surface area contributed by atoms with Crippen molar-refractivity contribution in [3.63, 3.8) is 0 Å². The van der Waals surface area contributed by atoms with Crippen molar-refractivity contribution in [2.24, 2.45) is 5.73 Å². The Morgan fingerprint density at radius 1 is 1.19 bits per heavy atom. The number of hydrogen-bond acceptors (Lipinski definition) is 2. The first-order valence-corrected chi connectivity index (χ1v) is 6.89. The average Bonchev–Trinajstić information content (AvgIpc) is 2.65. The Kier molecular flexibility index (Phi) is 4.03. The Morgan fingerprint density at radius 3 is 2.44 bits per heavy atom. The molecule has 0 aliphatic rings. The summed E-state index contributed by atoms with van der Waals surface area (Å²) in [4.78, 5) is 1.22. The fourth-order valence-electron chi connectivity index (χ4n) is 1.51. The first-order valence-electron chi connectivity index (χ1n) is 4.90. The van der Waals surface area contributed by atoms with Gasteiger partial charge in [0.2, 0.25) is 0 Å². The third-order valence-corrected chi connectivity index (χ3v) is 4.13. The SMILES string of the molecule is NC(Cc1ccc(Cl)s1)c1ccc(Br)cc1. The van der Waals surface area contributed by atoms with Crippen LogP contribution in [0.15, 0.2) is 40.9 Å². The quantitative estimate of drug-likeness (QED) is 0.892. The molecule has 2 N–H and O–H groups in total. The number of nitrogens with two attached hydrogens (primary N) is 1. The highest BCUT2D eigenvalue weighted by Crippen LogP contribution is 2.26.